The molecule has 1 aromatic heterocycles. The molecule has 1 aromatic carbocycles. The molecule has 2 aliphatic heterocycles. The number of ether oxygens (including phenoxy) is 2. The van der Waals surface area contributed by atoms with Crippen LogP contribution in [-0.2, 0) is 11.2 Å². The summed E-state index contributed by atoms with van der Waals surface area (Å²) in [5.41, 5.74) is 1.94. The van der Waals surface area contributed by atoms with E-state index < -0.39 is 0 Å². The van der Waals surface area contributed by atoms with Crippen molar-refractivity contribution in [2.24, 2.45) is 0 Å². The number of hydrogen-bond donors (Lipinski definition) is 2. The van der Waals surface area contributed by atoms with E-state index in [1.165, 1.54) is 0 Å². The Morgan fingerprint density at radius 1 is 1.38 bits per heavy atom. The Bertz CT molecular complexity index is 806. The number of nitrogens with zero attached hydrogens (tertiary/aromatic N) is 1. The van der Waals surface area contributed by atoms with Crippen molar-refractivity contribution in [2.75, 3.05) is 11.9 Å². The molecule has 0 spiro atoms. The van der Waals surface area contributed by atoms with Crippen molar-refractivity contribution in [3.63, 3.8) is 0 Å². The van der Waals surface area contributed by atoms with E-state index in [2.05, 4.69) is 10.3 Å². The van der Waals surface area contributed by atoms with Crippen molar-refractivity contribution in [1.29, 1.82) is 0 Å². The maximum Gasteiger partial charge on any atom is 0.225 e. The van der Waals surface area contributed by atoms with E-state index in [1.807, 2.05) is 25.1 Å². The molecular weight excluding hydrogens is 308 g/mol. The lowest BCUT2D eigenvalue weighted by Crippen LogP contribution is -2.20. The Morgan fingerprint density at radius 2 is 2.25 bits per heavy atom. The van der Waals surface area contributed by atoms with Crippen molar-refractivity contribution >= 4 is 11.7 Å². The van der Waals surface area contributed by atoms with Crippen LogP contribution in [0.25, 0.3) is 0 Å². The predicted octanol–water partition coefficient (Wildman–Crippen LogP) is 2.62. The van der Waals surface area contributed by atoms with Crippen molar-refractivity contribution in [2.45, 2.75) is 31.8 Å². The monoisotopic (exact) mass is 326 g/mol. The smallest absolute Gasteiger partial charge is 0.225 e. The van der Waals surface area contributed by atoms with E-state index >= 15 is 0 Å². The van der Waals surface area contributed by atoms with Crippen LogP contribution in [0.2, 0.25) is 0 Å². The normalized spacial score (nSPS) is 21.5. The minimum absolute atomic E-state index is 0.0103. The average molecular weight is 326 g/mol. The number of anilines is 1. The summed E-state index contributed by atoms with van der Waals surface area (Å²) in [6.07, 6.45) is 2.46. The molecule has 1 amide bonds. The second-order valence-corrected chi connectivity index (χ2v) is 6.11. The highest BCUT2D eigenvalue weighted by molar-refractivity contribution is 5.93. The fourth-order valence-corrected chi connectivity index (χ4v) is 3.19. The van der Waals surface area contributed by atoms with Crippen LogP contribution < -0.4 is 14.8 Å². The standard InChI is InChI=1S/C18H18N2O4/c1-10-13-8-11(2-4-14(13)24-16(10)9-21)23-15-6-7-19-18-12(15)3-5-17(22)20-18/h2,4,6-8,10,16,21H,3,5,9H2,1H3,(H,19,20,22). The molecule has 0 radical (unpaired) electrons. The second kappa shape index (κ2) is 5.79. The molecule has 2 aliphatic rings. The first-order valence-electron chi connectivity index (χ1n) is 8.02. The molecule has 2 atom stereocenters. The average Bonchev–Trinajstić information content (AvgIpc) is 2.91. The number of amides is 1. The van der Waals surface area contributed by atoms with Crippen molar-refractivity contribution in [3.8, 4) is 17.2 Å². The van der Waals surface area contributed by atoms with E-state index in [0.717, 1.165) is 16.9 Å². The molecule has 6 heteroatoms. The molecule has 0 bridgehead atoms. The zero-order chi connectivity index (χ0) is 16.7. The molecule has 2 unspecified atom stereocenters. The van der Waals surface area contributed by atoms with E-state index in [1.54, 1.807) is 12.3 Å². The van der Waals surface area contributed by atoms with Gasteiger partial charge >= 0.3 is 0 Å². The number of hydrogen-bond acceptors (Lipinski definition) is 5. The van der Waals surface area contributed by atoms with Gasteiger partial charge in [0.25, 0.3) is 0 Å². The third kappa shape index (κ3) is 2.49. The zero-order valence-electron chi connectivity index (χ0n) is 13.3. The molecule has 124 valence electrons. The lowest BCUT2D eigenvalue weighted by atomic mass is 9.98. The van der Waals surface area contributed by atoms with E-state index in [4.69, 9.17) is 9.47 Å². The van der Waals surface area contributed by atoms with Gasteiger partial charge in [0.1, 0.15) is 29.2 Å². The number of carbonyl (C=O) groups is 1. The third-order valence-corrected chi connectivity index (χ3v) is 4.59. The van der Waals surface area contributed by atoms with Gasteiger partial charge in [-0.3, -0.25) is 4.79 Å². The predicted molar refractivity (Wildman–Crippen MR) is 87.6 cm³/mol. The van der Waals surface area contributed by atoms with Gasteiger partial charge < -0.3 is 19.9 Å². The SMILES string of the molecule is CC1c2cc(Oc3ccnc4c3CCC(=O)N4)ccc2OC1CO. The van der Waals surface area contributed by atoms with Crippen molar-refractivity contribution in [3.05, 3.63) is 41.6 Å². The minimum atomic E-state index is -0.209. The summed E-state index contributed by atoms with van der Waals surface area (Å²) in [5, 5.41) is 12.1. The van der Waals surface area contributed by atoms with Gasteiger partial charge in [-0.1, -0.05) is 6.92 Å². The van der Waals surface area contributed by atoms with E-state index in [0.29, 0.717) is 30.2 Å². The van der Waals surface area contributed by atoms with Gasteiger partial charge in [0.15, 0.2) is 0 Å². The largest absolute Gasteiger partial charge is 0.487 e. The summed E-state index contributed by atoms with van der Waals surface area (Å²) >= 11 is 0. The van der Waals surface area contributed by atoms with Crippen LogP contribution in [-0.4, -0.2) is 28.7 Å². The topological polar surface area (TPSA) is 80.7 Å². The highest BCUT2D eigenvalue weighted by atomic mass is 16.5. The van der Waals surface area contributed by atoms with Crippen LogP contribution in [0.15, 0.2) is 30.5 Å². The number of aliphatic hydroxyl groups is 1. The molecule has 6 nitrogen and oxygen atoms in total. The highest BCUT2D eigenvalue weighted by Gasteiger charge is 2.31. The molecule has 0 saturated heterocycles. The third-order valence-electron chi connectivity index (χ3n) is 4.59. The van der Waals surface area contributed by atoms with Gasteiger partial charge in [-0.15, -0.1) is 0 Å². The highest BCUT2D eigenvalue weighted by Crippen LogP contribution is 2.41. The molecule has 4 rings (SSSR count). The molecule has 0 aliphatic carbocycles. The van der Waals surface area contributed by atoms with Gasteiger partial charge in [-0.05, 0) is 30.7 Å². The molecule has 2 aromatic rings. The number of benzene rings is 1. The molecule has 0 saturated carbocycles. The maximum absolute atomic E-state index is 11.5. The number of aliphatic hydroxyl groups excluding tert-OH is 1. The van der Waals surface area contributed by atoms with Gasteiger partial charge in [0, 0.05) is 29.7 Å². The van der Waals surface area contributed by atoms with Crippen molar-refractivity contribution < 1.29 is 19.4 Å². The van der Waals surface area contributed by atoms with Crippen LogP contribution in [0.4, 0.5) is 5.82 Å². The number of rotatable bonds is 3. The van der Waals surface area contributed by atoms with Gasteiger partial charge in [-0.2, -0.15) is 0 Å². The second-order valence-electron chi connectivity index (χ2n) is 6.11. The number of pyridine rings is 1. The number of carbonyl (C=O) groups excluding carboxylic acids is 1. The Labute approximate surface area is 139 Å². The Morgan fingerprint density at radius 3 is 3.08 bits per heavy atom. The van der Waals surface area contributed by atoms with Crippen molar-refractivity contribution in [1.82, 2.24) is 4.98 Å². The summed E-state index contributed by atoms with van der Waals surface area (Å²) in [6, 6.07) is 7.47. The fraction of sp³-hybridized carbons (Fsp3) is 0.333. The van der Waals surface area contributed by atoms with E-state index in [-0.39, 0.29) is 24.5 Å². The summed E-state index contributed by atoms with van der Waals surface area (Å²) in [5.74, 6) is 2.85. The minimum Gasteiger partial charge on any atom is -0.487 e. The lowest BCUT2D eigenvalue weighted by Gasteiger charge is -2.19. The van der Waals surface area contributed by atoms with Gasteiger partial charge in [0.05, 0.1) is 6.61 Å². The Kier molecular flexibility index (Phi) is 3.61. The van der Waals surface area contributed by atoms with Gasteiger partial charge in [-0.25, -0.2) is 4.98 Å². The van der Waals surface area contributed by atoms with Crippen LogP contribution >= 0.6 is 0 Å². The molecular formula is C18H18N2O4. The van der Waals surface area contributed by atoms with Gasteiger partial charge in [0.2, 0.25) is 5.91 Å². The molecule has 24 heavy (non-hydrogen) atoms. The van der Waals surface area contributed by atoms with Crippen LogP contribution in [0, 0.1) is 0 Å². The Balaban J connectivity index is 1.63. The van der Waals surface area contributed by atoms with E-state index in [9.17, 15) is 9.90 Å². The fourth-order valence-electron chi connectivity index (χ4n) is 3.19. The zero-order valence-corrected chi connectivity index (χ0v) is 13.3. The first kappa shape index (κ1) is 15.0. The first-order valence-corrected chi connectivity index (χ1v) is 8.02. The maximum atomic E-state index is 11.5. The van der Waals surface area contributed by atoms with Crippen LogP contribution in [0.3, 0.4) is 0 Å². The Hall–Kier alpha value is -2.60. The first-order chi connectivity index (χ1) is 11.7. The number of fused-ring (bicyclic) bond motifs is 2. The van der Waals surface area contributed by atoms with Crippen LogP contribution in [0.5, 0.6) is 17.2 Å². The summed E-state index contributed by atoms with van der Waals surface area (Å²) < 4.78 is 11.8. The molecule has 2 N–H and O–H groups in total. The molecule has 3 heterocycles. The number of aromatic nitrogens is 1. The van der Waals surface area contributed by atoms with Crippen LogP contribution in [0.1, 0.15) is 30.4 Å². The number of nitrogens with one attached hydrogen (secondary N) is 1. The quantitative estimate of drug-likeness (QED) is 0.906. The molecule has 0 fully saturated rings. The summed E-state index contributed by atoms with van der Waals surface area (Å²) in [4.78, 5) is 15.7. The summed E-state index contributed by atoms with van der Waals surface area (Å²) in [7, 11) is 0. The summed E-state index contributed by atoms with van der Waals surface area (Å²) in [6.45, 7) is 2.02. The lowest BCUT2D eigenvalue weighted by molar-refractivity contribution is -0.116.